The van der Waals surface area contributed by atoms with Crippen molar-refractivity contribution in [1.82, 2.24) is 0 Å². The van der Waals surface area contributed by atoms with E-state index in [1.165, 1.54) is 6.07 Å². The van der Waals surface area contributed by atoms with Crippen molar-refractivity contribution < 1.29 is 9.15 Å². The van der Waals surface area contributed by atoms with E-state index in [0.29, 0.717) is 5.76 Å². The third-order valence-electron chi connectivity index (χ3n) is 2.06. The van der Waals surface area contributed by atoms with Crippen LogP contribution in [0.1, 0.15) is 23.8 Å². The summed E-state index contributed by atoms with van der Waals surface area (Å²) in [6.07, 6.45) is 1.85. The van der Waals surface area contributed by atoms with E-state index in [4.69, 9.17) is 9.15 Å². The first kappa shape index (κ1) is 10.6. The molecule has 0 N–H and O–H groups in total. The molecule has 0 saturated carbocycles. The third-order valence-corrected chi connectivity index (χ3v) is 2.06. The Hall–Kier alpha value is -1.51. The van der Waals surface area contributed by atoms with E-state index < -0.39 is 0 Å². The zero-order valence-corrected chi connectivity index (χ0v) is 8.88. The van der Waals surface area contributed by atoms with E-state index >= 15 is 0 Å². The van der Waals surface area contributed by atoms with Crippen molar-refractivity contribution in [3.05, 3.63) is 39.1 Å². The maximum atomic E-state index is 11.0. The summed E-state index contributed by atoms with van der Waals surface area (Å²) in [5.41, 5.74) is 1.49. The Labute approximate surface area is 83.0 Å². The molecule has 0 atom stereocenters. The molecule has 14 heavy (non-hydrogen) atoms. The van der Waals surface area contributed by atoms with Gasteiger partial charge in [0.1, 0.15) is 5.76 Å². The number of aryl methyl sites for hydroxylation is 2. The minimum absolute atomic E-state index is 0.313. The summed E-state index contributed by atoms with van der Waals surface area (Å²) in [5.74, 6) is 1.40. The van der Waals surface area contributed by atoms with E-state index in [9.17, 15) is 4.79 Å². The maximum Gasteiger partial charge on any atom is 0.336 e. The molecule has 0 saturated heterocycles. The van der Waals surface area contributed by atoms with Crippen LogP contribution in [0.25, 0.3) is 6.08 Å². The first-order valence-corrected chi connectivity index (χ1v) is 4.38. The van der Waals surface area contributed by atoms with Gasteiger partial charge >= 0.3 is 5.63 Å². The maximum absolute atomic E-state index is 11.0. The zero-order chi connectivity index (χ0) is 10.7. The number of methoxy groups -OCH3 is 1. The summed E-state index contributed by atoms with van der Waals surface area (Å²) >= 11 is 0. The van der Waals surface area contributed by atoms with Gasteiger partial charge in [0, 0.05) is 11.6 Å². The lowest BCUT2D eigenvalue weighted by molar-refractivity contribution is 0.297. The van der Waals surface area contributed by atoms with Crippen LogP contribution in [-0.2, 0) is 4.74 Å². The molecule has 3 heteroatoms. The second kappa shape index (κ2) is 4.13. The van der Waals surface area contributed by atoms with Crippen molar-refractivity contribution >= 4 is 6.08 Å². The highest BCUT2D eigenvalue weighted by atomic mass is 16.5. The molecular weight excluding hydrogens is 180 g/mol. The summed E-state index contributed by atoms with van der Waals surface area (Å²) in [5, 5.41) is 0. The van der Waals surface area contributed by atoms with Crippen molar-refractivity contribution in [3.8, 4) is 0 Å². The van der Waals surface area contributed by atoms with Crippen LogP contribution in [0.4, 0.5) is 0 Å². The predicted molar refractivity (Wildman–Crippen MR) is 55.1 cm³/mol. The van der Waals surface area contributed by atoms with Crippen molar-refractivity contribution in [3.63, 3.8) is 0 Å². The van der Waals surface area contributed by atoms with Crippen LogP contribution in [0, 0.1) is 13.8 Å². The summed E-state index contributed by atoms with van der Waals surface area (Å²) in [7, 11) is 1.61. The number of hydrogen-bond donors (Lipinski definition) is 0. The molecule has 0 aliphatic rings. The lowest BCUT2D eigenvalue weighted by Crippen LogP contribution is -2.01. The second-order valence-corrected chi connectivity index (χ2v) is 3.18. The first-order valence-electron chi connectivity index (χ1n) is 4.38. The smallest absolute Gasteiger partial charge is 0.336 e. The lowest BCUT2D eigenvalue weighted by atomic mass is 10.1. The quantitative estimate of drug-likeness (QED) is 0.678. The van der Waals surface area contributed by atoms with Gasteiger partial charge in [0.25, 0.3) is 0 Å². The summed E-state index contributed by atoms with van der Waals surface area (Å²) < 4.78 is 10.0. The van der Waals surface area contributed by atoms with Gasteiger partial charge in [0.05, 0.1) is 12.9 Å². The van der Waals surface area contributed by atoms with Gasteiger partial charge < -0.3 is 9.15 Å². The fourth-order valence-corrected chi connectivity index (χ4v) is 1.25. The Morgan fingerprint density at radius 3 is 2.64 bits per heavy atom. The Bertz CT molecular complexity index is 387. The molecule has 76 valence electrons. The molecule has 0 fully saturated rings. The van der Waals surface area contributed by atoms with Crippen LogP contribution >= 0.6 is 0 Å². The van der Waals surface area contributed by atoms with E-state index in [1.807, 2.05) is 19.9 Å². The van der Waals surface area contributed by atoms with Crippen molar-refractivity contribution in [2.45, 2.75) is 20.8 Å². The highest BCUT2D eigenvalue weighted by Gasteiger charge is 2.04. The number of hydrogen-bond acceptors (Lipinski definition) is 3. The Morgan fingerprint density at radius 1 is 1.50 bits per heavy atom. The SMILES string of the molecule is CO/C(C)=C/c1c(C)cc(=O)oc1C. The fourth-order valence-electron chi connectivity index (χ4n) is 1.25. The van der Waals surface area contributed by atoms with E-state index in [1.54, 1.807) is 14.0 Å². The highest BCUT2D eigenvalue weighted by Crippen LogP contribution is 2.15. The molecule has 0 spiro atoms. The molecule has 0 amide bonds. The predicted octanol–water partition coefficient (Wildman–Crippen LogP) is 2.26. The number of allylic oxidation sites excluding steroid dienone is 1. The molecule has 0 aliphatic carbocycles. The largest absolute Gasteiger partial charge is 0.501 e. The van der Waals surface area contributed by atoms with Crippen molar-refractivity contribution in [1.29, 1.82) is 0 Å². The van der Waals surface area contributed by atoms with Gasteiger partial charge in [-0.1, -0.05) is 0 Å². The fraction of sp³-hybridized carbons (Fsp3) is 0.364. The van der Waals surface area contributed by atoms with Gasteiger partial charge in [-0.2, -0.15) is 0 Å². The average Bonchev–Trinajstić information content (AvgIpc) is 2.10. The van der Waals surface area contributed by atoms with Crippen LogP contribution in [0.3, 0.4) is 0 Å². The van der Waals surface area contributed by atoms with E-state index in [-0.39, 0.29) is 5.63 Å². The van der Waals surface area contributed by atoms with Crippen molar-refractivity contribution in [2.75, 3.05) is 7.11 Å². The van der Waals surface area contributed by atoms with Gasteiger partial charge in [0.2, 0.25) is 0 Å². The zero-order valence-electron chi connectivity index (χ0n) is 8.88. The van der Waals surface area contributed by atoms with Gasteiger partial charge in [-0.25, -0.2) is 4.79 Å². The molecule has 0 radical (unpaired) electrons. The third kappa shape index (κ3) is 2.25. The molecule has 0 bridgehead atoms. The highest BCUT2D eigenvalue weighted by molar-refractivity contribution is 5.55. The molecule has 0 aliphatic heterocycles. The lowest BCUT2D eigenvalue weighted by Gasteiger charge is -2.04. The summed E-state index contributed by atoms with van der Waals surface area (Å²) in [6, 6.07) is 1.47. The van der Waals surface area contributed by atoms with Gasteiger partial charge in [0.15, 0.2) is 0 Å². The second-order valence-electron chi connectivity index (χ2n) is 3.18. The average molecular weight is 194 g/mol. The first-order chi connectivity index (χ1) is 6.54. The number of rotatable bonds is 2. The van der Waals surface area contributed by atoms with Gasteiger partial charge in [-0.05, 0) is 32.4 Å². The topological polar surface area (TPSA) is 39.4 Å². The molecule has 1 rings (SSSR count). The van der Waals surface area contributed by atoms with Crippen LogP contribution in [0.2, 0.25) is 0 Å². The van der Waals surface area contributed by atoms with Crippen molar-refractivity contribution in [2.24, 2.45) is 0 Å². The normalized spacial score (nSPS) is 11.6. The molecule has 1 aromatic rings. The van der Waals surface area contributed by atoms with Crippen LogP contribution in [0.5, 0.6) is 0 Å². The Kier molecular flexibility index (Phi) is 3.12. The summed E-state index contributed by atoms with van der Waals surface area (Å²) in [4.78, 5) is 11.0. The Morgan fingerprint density at radius 2 is 2.14 bits per heavy atom. The van der Waals surface area contributed by atoms with Gasteiger partial charge in [-0.15, -0.1) is 0 Å². The summed E-state index contributed by atoms with van der Waals surface area (Å²) in [6.45, 7) is 5.49. The standard InChI is InChI=1S/C11H14O3/c1-7-5-11(12)14-9(3)10(7)6-8(2)13-4/h5-6H,1-4H3/b8-6+. The van der Waals surface area contributed by atoms with E-state index in [0.717, 1.165) is 16.9 Å². The molecule has 0 aromatic carbocycles. The monoisotopic (exact) mass is 194 g/mol. The van der Waals surface area contributed by atoms with Crippen LogP contribution in [0.15, 0.2) is 21.0 Å². The molecule has 1 heterocycles. The molecular formula is C11H14O3. The van der Waals surface area contributed by atoms with E-state index in [2.05, 4.69) is 0 Å². The van der Waals surface area contributed by atoms with Gasteiger partial charge in [-0.3, -0.25) is 0 Å². The van der Waals surface area contributed by atoms with Crippen LogP contribution < -0.4 is 5.63 Å². The van der Waals surface area contributed by atoms with Crippen LogP contribution in [-0.4, -0.2) is 7.11 Å². The molecule has 0 unspecified atom stereocenters. The number of ether oxygens (including phenoxy) is 1. The Balaban J connectivity index is 3.28. The minimum Gasteiger partial charge on any atom is -0.501 e. The molecule has 3 nitrogen and oxygen atoms in total. The minimum atomic E-state index is -0.313. The molecule has 1 aromatic heterocycles.